The maximum atomic E-state index is 12.5. The first-order valence-corrected chi connectivity index (χ1v) is 8.08. The van der Waals surface area contributed by atoms with Gasteiger partial charge in [-0.3, -0.25) is 9.69 Å². The second kappa shape index (κ2) is 5.63. The van der Waals surface area contributed by atoms with Crippen molar-refractivity contribution in [3.8, 4) is 0 Å². The fourth-order valence-corrected chi connectivity index (χ4v) is 3.47. The number of hydrogen-bond acceptors (Lipinski definition) is 2. The number of amides is 1. The Bertz CT molecular complexity index is 460. The van der Waals surface area contributed by atoms with Crippen molar-refractivity contribution in [2.75, 3.05) is 26.2 Å². The van der Waals surface area contributed by atoms with Crippen molar-refractivity contribution >= 4 is 21.8 Å². The van der Waals surface area contributed by atoms with Crippen molar-refractivity contribution < 1.29 is 4.79 Å². The summed E-state index contributed by atoms with van der Waals surface area (Å²) in [6, 6.07) is 8.53. The number of nitrogens with zero attached hydrogens (tertiary/aromatic N) is 2. The van der Waals surface area contributed by atoms with Gasteiger partial charge in [0.1, 0.15) is 0 Å². The number of carbonyl (C=O) groups is 1. The van der Waals surface area contributed by atoms with Crippen molar-refractivity contribution in [1.29, 1.82) is 0 Å². The summed E-state index contributed by atoms with van der Waals surface area (Å²) in [4.78, 5) is 17.0. The Balaban J connectivity index is 1.69. The van der Waals surface area contributed by atoms with Crippen LogP contribution in [0.1, 0.15) is 28.8 Å². The maximum absolute atomic E-state index is 12.5. The van der Waals surface area contributed by atoms with Crippen molar-refractivity contribution in [2.24, 2.45) is 0 Å². The van der Waals surface area contributed by atoms with Crippen LogP contribution in [-0.4, -0.2) is 47.9 Å². The molecule has 0 aromatic heterocycles. The second-order valence-electron chi connectivity index (χ2n) is 5.41. The largest absolute Gasteiger partial charge is 0.336 e. The third-order valence-electron chi connectivity index (χ3n) is 4.23. The Kier molecular flexibility index (Phi) is 3.89. The first kappa shape index (κ1) is 13.1. The zero-order valence-corrected chi connectivity index (χ0v) is 12.6. The SMILES string of the molecule is O=C(c1ccc(CBr)cc1)N1CCN2CCCC2C1. The van der Waals surface area contributed by atoms with Crippen LogP contribution < -0.4 is 0 Å². The number of benzene rings is 1. The molecular weight excluding hydrogens is 304 g/mol. The van der Waals surface area contributed by atoms with Crippen molar-refractivity contribution in [3.05, 3.63) is 35.4 Å². The number of alkyl halides is 1. The highest BCUT2D eigenvalue weighted by molar-refractivity contribution is 9.08. The van der Waals surface area contributed by atoms with Crippen LogP contribution in [0.5, 0.6) is 0 Å². The lowest BCUT2D eigenvalue weighted by Gasteiger charge is -2.37. The lowest BCUT2D eigenvalue weighted by atomic mass is 10.1. The third-order valence-corrected chi connectivity index (χ3v) is 4.88. The normalized spacial score (nSPS) is 23.4. The average molecular weight is 323 g/mol. The lowest BCUT2D eigenvalue weighted by Crippen LogP contribution is -2.52. The molecule has 3 nitrogen and oxygen atoms in total. The van der Waals surface area contributed by atoms with Crippen LogP contribution in [0.2, 0.25) is 0 Å². The first-order chi connectivity index (χ1) is 9.28. The number of halogens is 1. The summed E-state index contributed by atoms with van der Waals surface area (Å²) >= 11 is 3.43. The molecule has 0 aliphatic carbocycles. The fourth-order valence-electron chi connectivity index (χ4n) is 3.09. The van der Waals surface area contributed by atoms with Gasteiger partial charge in [0, 0.05) is 36.6 Å². The Hall–Kier alpha value is -0.870. The number of hydrogen-bond donors (Lipinski definition) is 0. The molecule has 1 atom stereocenters. The Morgan fingerprint density at radius 1 is 1.21 bits per heavy atom. The molecule has 2 heterocycles. The van der Waals surface area contributed by atoms with Crippen molar-refractivity contribution in [3.63, 3.8) is 0 Å². The summed E-state index contributed by atoms with van der Waals surface area (Å²) in [6.45, 7) is 4.02. The van der Waals surface area contributed by atoms with Gasteiger partial charge in [0.15, 0.2) is 0 Å². The van der Waals surface area contributed by atoms with Gasteiger partial charge in [-0.25, -0.2) is 0 Å². The van der Waals surface area contributed by atoms with Gasteiger partial charge < -0.3 is 4.90 Å². The van der Waals surface area contributed by atoms with Gasteiger partial charge >= 0.3 is 0 Å². The number of piperazine rings is 1. The predicted molar refractivity (Wildman–Crippen MR) is 79.6 cm³/mol. The maximum Gasteiger partial charge on any atom is 0.253 e. The van der Waals surface area contributed by atoms with Crippen LogP contribution in [0.15, 0.2) is 24.3 Å². The van der Waals surface area contributed by atoms with Gasteiger partial charge in [-0.2, -0.15) is 0 Å². The van der Waals surface area contributed by atoms with Crippen LogP contribution in [0.25, 0.3) is 0 Å². The Morgan fingerprint density at radius 2 is 2.00 bits per heavy atom. The van der Waals surface area contributed by atoms with E-state index in [1.165, 1.54) is 24.9 Å². The standard InChI is InChI=1S/C15H19BrN2O/c16-10-12-3-5-13(6-4-12)15(19)18-9-8-17-7-1-2-14(17)11-18/h3-6,14H,1-2,7-11H2. The van der Waals surface area contributed by atoms with E-state index in [0.29, 0.717) is 6.04 Å². The molecule has 4 heteroatoms. The summed E-state index contributed by atoms with van der Waals surface area (Å²) in [6.07, 6.45) is 2.53. The molecule has 1 aromatic rings. The van der Waals surface area contributed by atoms with Gasteiger partial charge in [-0.1, -0.05) is 28.1 Å². The molecule has 0 radical (unpaired) electrons. The fraction of sp³-hybridized carbons (Fsp3) is 0.533. The molecule has 3 rings (SSSR count). The number of carbonyl (C=O) groups excluding carboxylic acids is 1. The quantitative estimate of drug-likeness (QED) is 0.781. The van der Waals surface area contributed by atoms with E-state index in [-0.39, 0.29) is 5.91 Å². The second-order valence-corrected chi connectivity index (χ2v) is 5.97. The van der Waals surface area contributed by atoms with E-state index in [1.807, 2.05) is 29.2 Å². The minimum absolute atomic E-state index is 0.188. The molecule has 0 N–H and O–H groups in total. The summed E-state index contributed by atoms with van der Waals surface area (Å²) in [7, 11) is 0. The molecule has 2 saturated heterocycles. The van der Waals surface area contributed by atoms with Gasteiger partial charge in [-0.05, 0) is 37.1 Å². The average Bonchev–Trinajstić information content (AvgIpc) is 2.94. The molecule has 0 bridgehead atoms. The molecule has 2 aliphatic heterocycles. The van der Waals surface area contributed by atoms with Crippen LogP contribution >= 0.6 is 15.9 Å². The summed E-state index contributed by atoms with van der Waals surface area (Å²) in [5, 5.41) is 0.836. The molecule has 1 amide bonds. The third kappa shape index (κ3) is 2.70. The van der Waals surface area contributed by atoms with Crippen LogP contribution in [-0.2, 0) is 5.33 Å². The highest BCUT2D eigenvalue weighted by Gasteiger charge is 2.32. The van der Waals surface area contributed by atoms with E-state index in [4.69, 9.17) is 0 Å². The van der Waals surface area contributed by atoms with E-state index in [1.54, 1.807) is 0 Å². The highest BCUT2D eigenvalue weighted by Crippen LogP contribution is 2.22. The molecule has 102 valence electrons. The van der Waals surface area contributed by atoms with Gasteiger partial charge in [0.05, 0.1) is 0 Å². The molecular formula is C15H19BrN2O. The number of rotatable bonds is 2. The van der Waals surface area contributed by atoms with Crippen LogP contribution in [0.4, 0.5) is 0 Å². The highest BCUT2D eigenvalue weighted by atomic mass is 79.9. The molecule has 2 aliphatic rings. The minimum Gasteiger partial charge on any atom is -0.336 e. The Morgan fingerprint density at radius 3 is 2.74 bits per heavy atom. The minimum atomic E-state index is 0.188. The molecule has 1 unspecified atom stereocenters. The molecule has 1 aromatic carbocycles. The zero-order chi connectivity index (χ0) is 13.2. The summed E-state index contributed by atoms with van der Waals surface area (Å²) in [5.41, 5.74) is 2.02. The van der Waals surface area contributed by atoms with Gasteiger partial charge in [0.2, 0.25) is 0 Å². The van der Waals surface area contributed by atoms with E-state index in [2.05, 4.69) is 20.8 Å². The van der Waals surface area contributed by atoms with E-state index >= 15 is 0 Å². The molecule has 0 spiro atoms. The molecule has 2 fully saturated rings. The predicted octanol–water partition coefficient (Wildman–Crippen LogP) is 2.50. The molecule has 19 heavy (non-hydrogen) atoms. The van der Waals surface area contributed by atoms with Crippen LogP contribution in [0, 0.1) is 0 Å². The summed E-state index contributed by atoms with van der Waals surface area (Å²) in [5.74, 6) is 0.188. The monoisotopic (exact) mass is 322 g/mol. The van der Waals surface area contributed by atoms with E-state index in [0.717, 1.165) is 30.5 Å². The number of fused-ring (bicyclic) bond motifs is 1. The zero-order valence-electron chi connectivity index (χ0n) is 11.0. The lowest BCUT2D eigenvalue weighted by molar-refractivity contribution is 0.0571. The van der Waals surface area contributed by atoms with Crippen molar-refractivity contribution in [1.82, 2.24) is 9.80 Å². The van der Waals surface area contributed by atoms with Gasteiger partial charge in [-0.15, -0.1) is 0 Å². The molecule has 0 saturated carbocycles. The first-order valence-electron chi connectivity index (χ1n) is 6.96. The van der Waals surface area contributed by atoms with E-state index < -0.39 is 0 Å². The van der Waals surface area contributed by atoms with Crippen molar-refractivity contribution in [2.45, 2.75) is 24.2 Å². The van der Waals surface area contributed by atoms with Gasteiger partial charge in [0.25, 0.3) is 5.91 Å². The van der Waals surface area contributed by atoms with E-state index in [9.17, 15) is 4.79 Å². The Labute approximate surface area is 122 Å². The summed E-state index contributed by atoms with van der Waals surface area (Å²) < 4.78 is 0. The smallest absolute Gasteiger partial charge is 0.253 e. The van der Waals surface area contributed by atoms with Crippen LogP contribution in [0.3, 0.4) is 0 Å². The topological polar surface area (TPSA) is 23.6 Å².